The molecule has 0 aromatic heterocycles. The van der Waals surface area contributed by atoms with Crippen LogP contribution in [0.3, 0.4) is 0 Å². The van der Waals surface area contributed by atoms with Crippen molar-refractivity contribution in [1.29, 1.82) is 0 Å². The van der Waals surface area contributed by atoms with Crippen molar-refractivity contribution in [3.05, 3.63) is 11.8 Å². The van der Waals surface area contributed by atoms with Crippen molar-refractivity contribution < 1.29 is 9.84 Å². The predicted molar refractivity (Wildman–Crippen MR) is 47.9 cm³/mol. The van der Waals surface area contributed by atoms with Crippen molar-refractivity contribution in [1.82, 2.24) is 4.90 Å². The molecule has 0 aromatic carbocycles. The lowest BCUT2D eigenvalue weighted by Crippen LogP contribution is -2.36. The van der Waals surface area contributed by atoms with Gasteiger partial charge in [-0.15, -0.1) is 0 Å². The Kier molecular flexibility index (Phi) is 4.11. The molecule has 0 atom stereocenters. The molecule has 1 fully saturated rings. The minimum atomic E-state index is 0.147. The van der Waals surface area contributed by atoms with Crippen LogP contribution in [0.5, 0.6) is 0 Å². The Morgan fingerprint density at radius 3 is 2.67 bits per heavy atom. The number of ether oxygens (including phenoxy) is 1. The topological polar surface area (TPSA) is 32.7 Å². The Hall–Kier alpha value is -0.540. The Morgan fingerprint density at radius 2 is 2.17 bits per heavy atom. The zero-order chi connectivity index (χ0) is 8.81. The quantitative estimate of drug-likeness (QED) is 0.675. The third-order valence-corrected chi connectivity index (χ3v) is 2.02. The number of hydrogen-bond donors (Lipinski definition) is 1. The highest BCUT2D eigenvalue weighted by Gasteiger charge is 2.11. The summed E-state index contributed by atoms with van der Waals surface area (Å²) in [5, 5.41) is 9.06. The Morgan fingerprint density at radius 1 is 1.50 bits per heavy atom. The van der Waals surface area contributed by atoms with E-state index < -0.39 is 0 Å². The monoisotopic (exact) mass is 171 g/mol. The first-order chi connectivity index (χ1) is 5.88. The first-order valence-electron chi connectivity index (χ1n) is 4.51. The van der Waals surface area contributed by atoms with Gasteiger partial charge in [-0.1, -0.05) is 13.0 Å². The molecule has 1 aliphatic heterocycles. The smallest absolute Gasteiger partial charge is 0.0826 e. The van der Waals surface area contributed by atoms with E-state index in [0.29, 0.717) is 0 Å². The lowest BCUT2D eigenvalue weighted by atomic mass is 10.3. The minimum Gasteiger partial charge on any atom is -0.390 e. The molecule has 0 bridgehead atoms. The van der Waals surface area contributed by atoms with Gasteiger partial charge in [0.25, 0.3) is 0 Å². The van der Waals surface area contributed by atoms with Gasteiger partial charge in [-0.05, 0) is 6.42 Å². The number of rotatable bonds is 3. The fourth-order valence-electron chi connectivity index (χ4n) is 1.38. The molecular formula is C9H17NO2. The summed E-state index contributed by atoms with van der Waals surface area (Å²) in [6.07, 6.45) is 3.05. The maximum Gasteiger partial charge on any atom is 0.0826 e. The van der Waals surface area contributed by atoms with Gasteiger partial charge in [0, 0.05) is 18.8 Å². The molecule has 1 saturated heterocycles. The van der Waals surface area contributed by atoms with Gasteiger partial charge in [-0.3, -0.25) is 0 Å². The van der Waals surface area contributed by atoms with Gasteiger partial charge in [0.05, 0.1) is 19.8 Å². The summed E-state index contributed by atoms with van der Waals surface area (Å²) in [6, 6.07) is 0. The third-order valence-electron chi connectivity index (χ3n) is 2.02. The number of aliphatic hydroxyl groups excluding tert-OH is 1. The van der Waals surface area contributed by atoms with Crippen molar-refractivity contribution >= 4 is 0 Å². The van der Waals surface area contributed by atoms with Crippen LogP contribution in [0.2, 0.25) is 0 Å². The Bertz CT molecular complexity index is 151. The highest BCUT2D eigenvalue weighted by Crippen LogP contribution is 2.07. The molecule has 0 unspecified atom stereocenters. The maximum absolute atomic E-state index is 9.06. The molecule has 3 nitrogen and oxygen atoms in total. The van der Waals surface area contributed by atoms with Crippen LogP contribution in [0.1, 0.15) is 13.3 Å². The van der Waals surface area contributed by atoms with E-state index in [1.54, 1.807) is 0 Å². The average Bonchev–Trinajstić information content (AvgIpc) is 2.15. The highest BCUT2D eigenvalue weighted by molar-refractivity contribution is 5.01. The van der Waals surface area contributed by atoms with E-state index in [0.717, 1.165) is 38.4 Å². The van der Waals surface area contributed by atoms with Crippen LogP contribution in [0, 0.1) is 0 Å². The van der Waals surface area contributed by atoms with Gasteiger partial charge >= 0.3 is 0 Å². The molecular weight excluding hydrogens is 154 g/mol. The zero-order valence-electron chi connectivity index (χ0n) is 7.62. The van der Waals surface area contributed by atoms with Crippen LogP contribution < -0.4 is 0 Å². The van der Waals surface area contributed by atoms with E-state index in [1.807, 2.05) is 0 Å². The van der Waals surface area contributed by atoms with Crippen LogP contribution >= 0.6 is 0 Å². The molecule has 0 spiro atoms. The average molecular weight is 171 g/mol. The normalized spacial score (nSPS) is 19.8. The molecule has 0 radical (unpaired) electrons. The lowest BCUT2D eigenvalue weighted by molar-refractivity contribution is 0.0480. The highest BCUT2D eigenvalue weighted by atomic mass is 16.5. The van der Waals surface area contributed by atoms with Crippen molar-refractivity contribution in [2.45, 2.75) is 13.3 Å². The molecule has 1 heterocycles. The summed E-state index contributed by atoms with van der Waals surface area (Å²) < 4.78 is 5.22. The molecule has 0 saturated carbocycles. The lowest BCUT2D eigenvalue weighted by Gasteiger charge is -2.30. The van der Waals surface area contributed by atoms with Crippen LogP contribution in [-0.2, 0) is 4.74 Å². The van der Waals surface area contributed by atoms with E-state index in [4.69, 9.17) is 9.84 Å². The second-order valence-corrected chi connectivity index (χ2v) is 2.86. The zero-order valence-corrected chi connectivity index (χ0v) is 7.62. The van der Waals surface area contributed by atoms with E-state index in [2.05, 4.69) is 17.9 Å². The molecule has 70 valence electrons. The van der Waals surface area contributed by atoms with E-state index in [9.17, 15) is 0 Å². The fourth-order valence-corrected chi connectivity index (χ4v) is 1.38. The number of morpholine rings is 1. The number of aliphatic hydroxyl groups is 1. The summed E-state index contributed by atoms with van der Waals surface area (Å²) in [6.45, 7) is 5.60. The molecule has 0 aromatic rings. The molecule has 1 aliphatic rings. The molecule has 12 heavy (non-hydrogen) atoms. The largest absolute Gasteiger partial charge is 0.390 e. The molecule has 3 heteroatoms. The number of nitrogens with zero attached hydrogens (tertiary/aromatic N) is 1. The van der Waals surface area contributed by atoms with Crippen LogP contribution in [0.15, 0.2) is 11.8 Å². The summed E-state index contributed by atoms with van der Waals surface area (Å²) in [7, 11) is 0. The minimum absolute atomic E-state index is 0.147. The van der Waals surface area contributed by atoms with Crippen molar-refractivity contribution in [3.8, 4) is 0 Å². The van der Waals surface area contributed by atoms with Gasteiger partial charge in [-0.2, -0.15) is 0 Å². The van der Waals surface area contributed by atoms with Crippen LogP contribution in [-0.4, -0.2) is 42.9 Å². The summed E-state index contributed by atoms with van der Waals surface area (Å²) in [5.74, 6) is 0. The molecule has 0 aliphatic carbocycles. The first-order valence-corrected chi connectivity index (χ1v) is 4.51. The summed E-state index contributed by atoms with van der Waals surface area (Å²) in [4.78, 5) is 2.19. The Labute approximate surface area is 73.6 Å². The summed E-state index contributed by atoms with van der Waals surface area (Å²) in [5.41, 5.74) is 1.04. The predicted octanol–water partition coefficient (Wildman–Crippen LogP) is 0.605. The van der Waals surface area contributed by atoms with Gasteiger partial charge in [-0.25, -0.2) is 0 Å². The van der Waals surface area contributed by atoms with Crippen LogP contribution in [0.25, 0.3) is 0 Å². The fraction of sp³-hybridized carbons (Fsp3) is 0.778. The van der Waals surface area contributed by atoms with Gasteiger partial charge in [0.1, 0.15) is 0 Å². The second kappa shape index (κ2) is 5.17. The molecule has 1 N–H and O–H groups in total. The van der Waals surface area contributed by atoms with E-state index in [-0.39, 0.29) is 6.61 Å². The first kappa shape index (κ1) is 9.55. The van der Waals surface area contributed by atoms with Gasteiger partial charge < -0.3 is 14.7 Å². The third kappa shape index (κ3) is 2.50. The standard InChI is InChI=1S/C9H17NO2/c1-2-3-9(8-11)10-4-6-12-7-5-10/h3,11H,2,4-8H2,1H3/b9-3+. The van der Waals surface area contributed by atoms with E-state index >= 15 is 0 Å². The molecule has 0 amide bonds. The number of allylic oxidation sites excluding steroid dienone is 1. The van der Waals surface area contributed by atoms with Crippen LogP contribution in [0.4, 0.5) is 0 Å². The number of hydrogen-bond acceptors (Lipinski definition) is 3. The van der Waals surface area contributed by atoms with Crippen molar-refractivity contribution in [3.63, 3.8) is 0 Å². The second-order valence-electron chi connectivity index (χ2n) is 2.86. The maximum atomic E-state index is 9.06. The van der Waals surface area contributed by atoms with Crippen molar-refractivity contribution in [2.24, 2.45) is 0 Å². The summed E-state index contributed by atoms with van der Waals surface area (Å²) >= 11 is 0. The Balaban J connectivity index is 2.46. The van der Waals surface area contributed by atoms with E-state index in [1.165, 1.54) is 0 Å². The SMILES string of the molecule is CC/C=C(\CO)N1CCOCC1. The van der Waals surface area contributed by atoms with Gasteiger partial charge in [0.15, 0.2) is 0 Å². The van der Waals surface area contributed by atoms with Gasteiger partial charge in [0.2, 0.25) is 0 Å². The molecule has 1 rings (SSSR count). The van der Waals surface area contributed by atoms with Crippen molar-refractivity contribution in [2.75, 3.05) is 32.9 Å².